The van der Waals surface area contributed by atoms with E-state index in [0.717, 1.165) is 213 Å². The molecular formula is C129H126FN7O10. The number of carbonyl (C=O) groups is 9. The fraction of sp³-hybridized carbons (Fsp3) is 0.233. The minimum Gasteiger partial charge on any atom is -0.462 e. The second-order valence-electron chi connectivity index (χ2n) is 37.4. The number of nitrogens with zero attached hydrogens (tertiary/aromatic N) is 5. The van der Waals surface area contributed by atoms with E-state index in [0.29, 0.717) is 96.1 Å². The molecule has 17 nitrogen and oxygen atoms in total. The average molecular weight is 1950 g/mol. The summed E-state index contributed by atoms with van der Waals surface area (Å²) in [5, 5.41) is 15.1. The highest BCUT2D eigenvalue weighted by Gasteiger charge is 2.29. The normalized spacial score (nSPS) is 11.2. The molecule has 0 radical (unpaired) electrons. The molecule has 0 bridgehead atoms. The summed E-state index contributed by atoms with van der Waals surface area (Å²) < 4.78 is 30.7. The van der Waals surface area contributed by atoms with Crippen LogP contribution in [0.4, 0.5) is 4.39 Å². The van der Waals surface area contributed by atoms with Crippen molar-refractivity contribution in [2.75, 3.05) is 13.7 Å². The van der Waals surface area contributed by atoms with Crippen LogP contribution in [-0.2, 0) is 37.5 Å². The van der Waals surface area contributed by atoms with E-state index >= 15 is 0 Å². The highest BCUT2D eigenvalue weighted by Crippen LogP contribution is 2.38. The van der Waals surface area contributed by atoms with Crippen molar-refractivity contribution < 1.29 is 52.3 Å². The lowest BCUT2D eigenvalue weighted by Gasteiger charge is -2.10. The van der Waals surface area contributed by atoms with Gasteiger partial charge in [-0.15, -0.1) is 0 Å². The lowest BCUT2D eigenvalue weighted by molar-refractivity contribution is 0.0527. The second-order valence-corrected chi connectivity index (χ2v) is 37.4. The molecule has 18 heteroatoms. The Bertz CT molecular complexity index is 8100. The summed E-state index contributed by atoms with van der Waals surface area (Å²) in [4.78, 5) is 117. The summed E-state index contributed by atoms with van der Waals surface area (Å²) in [6.07, 6.45) is 27.1. The predicted molar refractivity (Wildman–Crippen MR) is 597 cm³/mol. The van der Waals surface area contributed by atoms with Crippen LogP contribution in [0.3, 0.4) is 0 Å². The third-order valence-electron chi connectivity index (χ3n) is 27.8. The van der Waals surface area contributed by atoms with E-state index in [1.165, 1.54) is 25.3 Å². The molecule has 15 aromatic carbocycles. The summed E-state index contributed by atoms with van der Waals surface area (Å²) in [6, 6.07) is 95.0. The van der Waals surface area contributed by atoms with E-state index < -0.39 is 5.91 Å². The zero-order chi connectivity index (χ0) is 103. The zero-order valence-electron chi connectivity index (χ0n) is 85.1. The summed E-state index contributed by atoms with van der Waals surface area (Å²) >= 11 is 0. The number of fused-ring (bicyclic) bond motifs is 10. The van der Waals surface area contributed by atoms with Gasteiger partial charge in [0.2, 0.25) is 5.91 Å². The lowest BCUT2D eigenvalue weighted by atomic mass is 9.92. The van der Waals surface area contributed by atoms with E-state index in [9.17, 15) is 47.5 Å². The van der Waals surface area contributed by atoms with Crippen molar-refractivity contribution in [1.82, 2.24) is 28.2 Å². The maximum Gasteiger partial charge on any atom is 0.338 e. The third kappa shape index (κ3) is 22.5. The number of ether oxygens (including phenoxy) is 1. The number of primary amides is 1. The van der Waals surface area contributed by atoms with Crippen molar-refractivity contribution in [1.29, 1.82) is 0 Å². The number of ketones is 6. The molecule has 147 heavy (non-hydrogen) atoms. The zero-order valence-corrected chi connectivity index (χ0v) is 85.1. The van der Waals surface area contributed by atoms with Crippen LogP contribution in [0.5, 0.6) is 0 Å². The van der Waals surface area contributed by atoms with Gasteiger partial charge in [0.05, 0.1) is 23.3 Å². The molecule has 0 aliphatic carbocycles. The number of rotatable bonds is 36. The van der Waals surface area contributed by atoms with Gasteiger partial charge >= 0.3 is 5.97 Å². The van der Waals surface area contributed by atoms with Gasteiger partial charge in [0.1, 0.15) is 5.82 Å². The number of nitrogens with one attached hydrogen (secondary N) is 1. The number of aryl methyl sites for hydroxylation is 5. The van der Waals surface area contributed by atoms with Gasteiger partial charge < -0.3 is 38.6 Å². The molecule has 0 fully saturated rings. The third-order valence-corrected chi connectivity index (χ3v) is 27.8. The Hall–Kier alpha value is -16.3. The summed E-state index contributed by atoms with van der Waals surface area (Å²) in [6.45, 7) is 19.3. The van der Waals surface area contributed by atoms with E-state index in [-0.39, 0.29) is 52.4 Å². The number of Topliss-reactive ketones (excluding diaryl/α,β-unsaturated/α-hetero) is 1. The van der Waals surface area contributed by atoms with Crippen LogP contribution < -0.4 is 11.1 Å². The number of halogens is 1. The van der Waals surface area contributed by atoms with Crippen molar-refractivity contribution in [2.45, 2.75) is 184 Å². The maximum atomic E-state index is 14.7. The Kier molecular flexibility index (Phi) is 34.4. The molecule has 0 aliphatic heterocycles. The first-order valence-electron chi connectivity index (χ1n) is 51.9. The molecule has 2 amide bonds. The Morgan fingerprint density at radius 2 is 0.517 bits per heavy atom. The van der Waals surface area contributed by atoms with Crippen LogP contribution in [0, 0.1) is 5.82 Å². The lowest BCUT2D eigenvalue weighted by Crippen LogP contribution is -2.18. The molecule has 0 unspecified atom stereocenters. The molecule has 0 saturated carbocycles. The van der Waals surface area contributed by atoms with Crippen molar-refractivity contribution in [3.05, 3.63) is 418 Å². The molecule has 0 saturated heterocycles. The Labute approximate surface area is 857 Å². The van der Waals surface area contributed by atoms with Gasteiger partial charge in [-0.05, 0) is 172 Å². The molecule has 3 N–H and O–H groups in total. The number of esters is 1. The maximum absolute atomic E-state index is 14.7. The molecular weight excluding hydrogens is 1830 g/mol. The molecule has 20 aromatic rings. The van der Waals surface area contributed by atoms with Crippen LogP contribution in [0.1, 0.15) is 272 Å². The van der Waals surface area contributed by atoms with Crippen molar-refractivity contribution in [2.24, 2.45) is 5.73 Å². The van der Waals surface area contributed by atoms with E-state index in [4.69, 9.17) is 10.5 Å². The van der Waals surface area contributed by atoms with Crippen molar-refractivity contribution in [3.8, 4) is 0 Å². The fourth-order valence-corrected chi connectivity index (χ4v) is 20.3. The first kappa shape index (κ1) is 104. The molecule has 744 valence electrons. The number of hydrogen-bond acceptors (Lipinski definition) is 10. The molecule has 5 heterocycles. The number of aromatic nitrogens is 5. The predicted octanol–water partition coefficient (Wildman–Crippen LogP) is 30.4. The Balaban J connectivity index is 0.000000131. The number of nitrogens with two attached hydrogens (primary N) is 1. The van der Waals surface area contributed by atoms with Gasteiger partial charge in [0, 0.05) is 193 Å². The summed E-state index contributed by atoms with van der Waals surface area (Å²) in [5.74, 6) is -1.47. The van der Waals surface area contributed by atoms with Crippen molar-refractivity contribution >= 4 is 161 Å². The largest absolute Gasteiger partial charge is 0.462 e. The van der Waals surface area contributed by atoms with Gasteiger partial charge in [0.15, 0.2) is 34.7 Å². The standard InChI is InChI=1S/C27H27NO3.C27H27NO2.C26H26N2O2.C25H24N2O2.C24H22FNO/c1-3-5-10-17-28-18-24(21-13-8-9-14-25(21)28)26(29)22-15-16-23(27(30)31-4-2)20-12-7-6-11-19(20)22;1-3-5-10-17-28-18-24(21-13-8-9-14-25(21)28)27(30)23-16-15-22(26(29)4-2)19-11-6-7-12-20(19)23;1-3-4-9-16-28-17-23(20-12-7-8-13-24(20)28)25(29)21-14-15-22(26(30)27-2)19-11-6-5-10-18(19)21;1-2-3-8-15-27-16-22(19-11-6-7-12-23(19)27)24(28)20-13-14-21(25(26)29)18-10-5-4-9-17(18)20;1-2-3-6-15-26-16-20(23-21(25)13-8-14-22(23)26)24(27)19-12-7-10-17-9-4-5-11-18(17)19/h6-9,11-16,18H,3-5,10,17H2,1-2H3;6-9,11-16,18H,3-5,10,17H2,1-2H3;5-8,10-15,17H,3-4,9,16H2,1-2H3,(H,27,30);4-7,9-14,16H,2-3,8,15H2,1H3,(H2,26,29);4-5,7-14,16H,2-3,6,15H2,1H3. The SMILES string of the molecule is CCCCCn1cc(C(=O)c2ccc(C(=O)CC)c3ccccc23)c2ccccc21.CCCCCn1cc(C(=O)c2ccc(C(=O)NC)c3ccccc23)c2ccccc21.CCCCCn1cc(C(=O)c2ccc(C(=O)OCC)c3ccccc23)c2ccccc21.CCCCCn1cc(C(=O)c2ccc(C(N)=O)c3ccccc23)c2ccccc21.CCCCCn1cc(C(=O)c2cccc3ccccc23)c2c(F)cccc21. The number of benzene rings is 15. The topological polar surface area (TPSA) is 226 Å². The van der Waals surface area contributed by atoms with Gasteiger partial charge in [-0.2, -0.15) is 0 Å². The van der Waals surface area contributed by atoms with Gasteiger partial charge in [-0.3, -0.25) is 38.4 Å². The smallest absolute Gasteiger partial charge is 0.338 e. The van der Waals surface area contributed by atoms with E-state index in [1.54, 1.807) is 56.4 Å². The molecule has 0 spiro atoms. The quantitative estimate of drug-likeness (QED) is 0.0214. The van der Waals surface area contributed by atoms with Crippen LogP contribution in [0.25, 0.3) is 108 Å². The van der Waals surface area contributed by atoms with E-state index in [2.05, 4.69) is 82.5 Å². The monoisotopic (exact) mass is 1950 g/mol. The minimum atomic E-state index is -0.493. The summed E-state index contributed by atoms with van der Waals surface area (Å²) in [5.41, 5.74) is 19.1. The molecule has 0 atom stereocenters. The average Bonchev–Trinajstić information content (AvgIpc) is 1.56. The minimum absolute atomic E-state index is 0.00661. The van der Waals surface area contributed by atoms with Crippen molar-refractivity contribution in [3.63, 3.8) is 0 Å². The number of para-hydroxylation sites is 4. The number of hydrogen-bond donors (Lipinski definition) is 2. The highest BCUT2D eigenvalue weighted by atomic mass is 19.1. The van der Waals surface area contributed by atoms with E-state index in [1.807, 2.05) is 273 Å². The molecule has 0 aliphatic rings. The Morgan fingerprint density at radius 3 is 0.871 bits per heavy atom. The molecule has 20 rings (SSSR count). The van der Waals surface area contributed by atoms with Crippen LogP contribution in [-0.4, -0.2) is 89.0 Å². The van der Waals surface area contributed by atoms with Crippen LogP contribution in [0.15, 0.2) is 334 Å². The summed E-state index contributed by atoms with van der Waals surface area (Å²) in [7, 11) is 1.61. The number of carbonyl (C=O) groups excluding carboxylic acids is 9. The highest BCUT2D eigenvalue weighted by molar-refractivity contribution is 6.28. The Morgan fingerprint density at radius 1 is 0.259 bits per heavy atom. The fourth-order valence-electron chi connectivity index (χ4n) is 20.3. The van der Waals surface area contributed by atoms with Gasteiger partial charge in [-0.25, -0.2) is 9.18 Å². The molecule has 5 aromatic heterocycles. The first-order chi connectivity index (χ1) is 71.8. The number of amides is 2. The number of unbranched alkanes of at least 4 members (excludes halogenated alkanes) is 10. The van der Waals surface area contributed by atoms with Crippen LogP contribution >= 0.6 is 0 Å². The van der Waals surface area contributed by atoms with Crippen LogP contribution in [0.2, 0.25) is 0 Å². The van der Waals surface area contributed by atoms with Gasteiger partial charge in [0.25, 0.3) is 5.91 Å². The second kappa shape index (κ2) is 48.8. The van der Waals surface area contributed by atoms with Gasteiger partial charge in [-0.1, -0.05) is 330 Å². The first-order valence-corrected chi connectivity index (χ1v) is 51.9.